The van der Waals surface area contributed by atoms with Crippen molar-refractivity contribution in [3.63, 3.8) is 0 Å². The Kier molecular flexibility index (Phi) is 5.47. The van der Waals surface area contributed by atoms with Crippen molar-refractivity contribution < 1.29 is 0 Å². The van der Waals surface area contributed by atoms with Gasteiger partial charge in [0.25, 0.3) is 0 Å². The lowest BCUT2D eigenvalue weighted by atomic mass is 9.63. The van der Waals surface area contributed by atoms with Crippen LogP contribution in [0.5, 0.6) is 0 Å². The molecule has 0 N–H and O–H groups in total. The second kappa shape index (κ2) is 9.36. The first-order chi connectivity index (χ1) is 20.3. The maximum atomic E-state index is 9.66. The van der Waals surface area contributed by atoms with Crippen molar-refractivity contribution in [3.05, 3.63) is 167 Å². The van der Waals surface area contributed by atoms with E-state index in [0.717, 1.165) is 19.3 Å². The molecule has 0 amide bonds. The van der Waals surface area contributed by atoms with E-state index < -0.39 is 0 Å². The van der Waals surface area contributed by atoms with Crippen molar-refractivity contribution in [1.82, 2.24) is 0 Å². The minimum Gasteiger partial charge on any atom is -0.330 e. The van der Waals surface area contributed by atoms with E-state index in [1.807, 2.05) is 0 Å². The highest BCUT2D eigenvalue weighted by Gasteiger charge is 2.48. The van der Waals surface area contributed by atoms with Gasteiger partial charge in [0.2, 0.25) is 0 Å². The highest BCUT2D eigenvalue weighted by Crippen LogP contribution is 2.59. The molecular weight excluding hydrogens is 496 g/mol. The average Bonchev–Trinajstić information content (AvgIpc) is 3.17. The van der Waals surface area contributed by atoms with E-state index >= 15 is 0 Å². The molecule has 0 saturated heterocycles. The van der Waals surface area contributed by atoms with Gasteiger partial charge in [-0.3, -0.25) is 0 Å². The first kappa shape index (κ1) is 24.0. The summed E-state index contributed by atoms with van der Waals surface area (Å²) in [4.78, 5) is 2.45. The van der Waals surface area contributed by atoms with E-state index in [0.29, 0.717) is 0 Å². The Labute approximate surface area is 242 Å². The second-order valence-corrected chi connectivity index (χ2v) is 11.4. The minimum absolute atomic E-state index is 0.0687. The number of para-hydroxylation sites is 1. The molecule has 3 atom stereocenters. The van der Waals surface area contributed by atoms with Crippen molar-refractivity contribution in [2.24, 2.45) is 5.92 Å². The number of rotatable bonds is 3. The van der Waals surface area contributed by atoms with Gasteiger partial charge >= 0.3 is 0 Å². The summed E-state index contributed by atoms with van der Waals surface area (Å²) in [6.45, 7) is 0. The molecule has 4 aliphatic carbocycles. The van der Waals surface area contributed by atoms with Crippen molar-refractivity contribution in [3.8, 4) is 6.07 Å². The fourth-order valence-corrected chi connectivity index (χ4v) is 7.58. The Morgan fingerprint density at radius 2 is 1.73 bits per heavy atom. The van der Waals surface area contributed by atoms with Crippen molar-refractivity contribution in [2.45, 2.75) is 30.7 Å². The minimum atomic E-state index is -0.385. The highest BCUT2D eigenvalue weighted by molar-refractivity contribution is 5.94. The summed E-state index contributed by atoms with van der Waals surface area (Å²) < 4.78 is 0. The number of benzene rings is 3. The molecule has 5 aliphatic rings. The van der Waals surface area contributed by atoms with E-state index in [-0.39, 0.29) is 17.4 Å². The third-order valence-corrected chi connectivity index (χ3v) is 9.32. The average molecular weight is 527 g/mol. The van der Waals surface area contributed by atoms with Crippen LogP contribution in [-0.4, -0.2) is 6.04 Å². The normalized spacial score (nSPS) is 25.1. The Balaban J connectivity index is 1.40. The van der Waals surface area contributed by atoms with Crippen LogP contribution in [0.25, 0.3) is 11.1 Å². The number of nitriles is 1. The number of fused-ring (bicyclic) bond motifs is 5. The van der Waals surface area contributed by atoms with Crippen LogP contribution in [-0.2, 0) is 5.41 Å². The van der Waals surface area contributed by atoms with Crippen LogP contribution in [0.1, 0.15) is 41.5 Å². The van der Waals surface area contributed by atoms with Gasteiger partial charge < -0.3 is 4.90 Å². The fraction of sp³-hybridized carbons (Fsp3) is 0.154. The van der Waals surface area contributed by atoms with Crippen molar-refractivity contribution in [1.29, 1.82) is 5.26 Å². The molecule has 0 saturated carbocycles. The van der Waals surface area contributed by atoms with E-state index in [4.69, 9.17) is 0 Å². The molecule has 2 bridgehead atoms. The molecule has 0 radical (unpaired) electrons. The third kappa shape index (κ3) is 3.49. The Morgan fingerprint density at radius 1 is 0.854 bits per heavy atom. The topological polar surface area (TPSA) is 27.0 Å². The van der Waals surface area contributed by atoms with Gasteiger partial charge in [0.1, 0.15) is 0 Å². The van der Waals surface area contributed by atoms with Gasteiger partial charge in [-0.15, -0.1) is 0 Å². The van der Waals surface area contributed by atoms with Crippen LogP contribution in [0.3, 0.4) is 0 Å². The number of nitrogens with zero attached hydrogens (tertiary/aromatic N) is 2. The van der Waals surface area contributed by atoms with Crippen LogP contribution >= 0.6 is 0 Å². The van der Waals surface area contributed by atoms with Gasteiger partial charge in [-0.1, -0.05) is 103 Å². The zero-order chi connectivity index (χ0) is 27.4. The monoisotopic (exact) mass is 526 g/mol. The Morgan fingerprint density at radius 3 is 2.59 bits per heavy atom. The number of allylic oxidation sites excluding steroid dienone is 12. The summed E-state index contributed by atoms with van der Waals surface area (Å²) in [6, 6.07) is 29.5. The molecule has 3 aromatic rings. The van der Waals surface area contributed by atoms with Crippen molar-refractivity contribution >= 4 is 22.5 Å². The molecule has 3 aromatic carbocycles. The first-order valence-electron chi connectivity index (χ1n) is 14.6. The molecule has 196 valence electrons. The molecule has 2 heteroatoms. The van der Waals surface area contributed by atoms with Gasteiger partial charge in [0.15, 0.2) is 0 Å². The third-order valence-electron chi connectivity index (χ3n) is 9.32. The lowest BCUT2D eigenvalue weighted by molar-refractivity contribution is 0.677. The molecule has 0 spiro atoms. The van der Waals surface area contributed by atoms with E-state index in [1.54, 1.807) is 0 Å². The fourth-order valence-electron chi connectivity index (χ4n) is 7.58. The maximum absolute atomic E-state index is 9.66. The van der Waals surface area contributed by atoms with Crippen LogP contribution in [0.4, 0.5) is 11.4 Å². The van der Waals surface area contributed by atoms with E-state index in [9.17, 15) is 5.26 Å². The summed E-state index contributed by atoms with van der Waals surface area (Å²) in [5.74, 6) is -0.0687. The van der Waals surface area contributed by atoms with Gasteiger partial charge in [0.05, 0.1) is 23.4 Å². The summed E-state index contributed by atoms with van der Waals surface area (Å²) in [5, 5.41) is 9.66. The van der Waals surface area contributed by atoms with Gasteiger partial charge in [-0.25, -0.2) is 0 Å². The zero-order valence-corrected chi connectivity index (χ0v) is 22.9. The van der Waals surface area contributed by atoms with Gasteiger partial charge in [0, 0.05) is 16.9 Å². The molecule has 8 rings (SSSR count). The lowest BCUT2D eigenvalue weighted by Gasteiger charge is -2.40. The molecule has 0 aromatic heterocycles. The highest BCUT2D eigenvalue weighted by atomic mass is 15.2. The van der Waals surface area contributed by atoms with Crippen LogP contribution in [0, 0.1) is 17.2 Å². The van der Waals surface area contributed by atoms with Crippen molar-refractivity contribution in [2.75, 3.05) is 4.90 Å². The van der Waals surface area contributed by atoms with Crippen LogP contribution < -0.4 is 4.90 Å². The van der Waals surface area contributed by atoms with Crippen LogP contribution in [0.15, 0.2) is 145 Å². The van der Waals surface area contributed by atoms with Gasteiger partial charge in [-0.2, -0.15) is 5.26 Å². The van der Waals surface area contributed by atoms with Crippen LogP contribution in [0.2, 0.25) is 0 Å². The summed E-state index contributed by atoms with van der Waals surface area (Å²) in [7, 11) is 0. The lowest BCUT2D eigenvalue weighted by Crippen LogP contribution is -2.33. The molecule has 1 aliphatic heterocycles. The number of anilines is 2. The molecule has 2 nitrogen and oxygen atoms in total. The SMILES string of the molecule is N#CC1C=CC(C2(c3ccc4c(c3)C3=CC(C=CC=C3)N4c3ccccc3)C3=C(C=CCC3)c3ccccc32)=CC1. The van der Waals surface area contributed by atoms with E-state index in [1.165, 1.54) is 55.9 Å². The predicted molar refractivity (Wildman–Crippen MR) is 169 cm³/mol. The molecule has 0 fully saturated rings. The number of hydrogen-bond donors (Lipinski definition) is 0. The Bertz CT molecular complexity index is 1840. The molecule has 1 heterocycles. The van der Waals surface area contributed by atoms with E-state index in [2.05, 4.69) is 145 Å². The standard InChI is InChI=1S/C39H30N2/c40-26-27-18-20-29(21-19-27)39(36-16-8-6-14-33(36)34-15-7-9-17-37(34)39)30-22-23-38-35(25-30)28-10-4-5-13-32(24-28)41(38)31-11-2-1-3-12-31/h1-8,10-16,18,20-25,27,32H,9,17,19H2. The molecule has 41 heavy (non-hydrogen) atoms. The largest absolute Gasteiger partial charge is 0.330 e. The Hall–Kier alpha value is -4.87. The summed E-state index contributed by atoms with van der Waals surface area (Å²) in [5.41, 5.74) is 12.7. The zero-order valence-electron chi connectivity index (χ0n) is 22.9. The smallest absolute Gasteiger partial charge is 0.0718 e. The predicted octanol–water partition coefficient (Wildman–Crippen LogP) is 9.15. The first-order valence-corrected chi connectivity index (χ1v) is 14.6. The summed E-state index contributed by atoms with van der Waals surface area (Å²) in [6.07, 6.45) is 25.4. The summed E-state index contributed by atoms with van der Waals surface area (Å²) >= 11 is 0. The molecular formula is C39H30N2. The maximum Gasteiger partial charge on any atom is 0.0718 e. The quantitative estimate of drug-likeness (QED) is 0.340. The van der Waals surface area contributed by atoms with Gasteiger partial charge in [-0.05, 0) is 88.6 Å². The number of hydrogen-bond acceptors (Lipinski definition) is 2. The molecule has 3 unspecified atom stereocenters. The second-order valence-electron chi connectivity index (χ2n) is 11.4.